The number of hydrogen-bond donors (Lipinski definition) is 1. The SMILES string of the molecule is O=C(NCc1cccs1)c1ccc(Cl)cc1Br. The van der Waals surface area contributed by atoms with Gasteiger partial charge in [-0.15, -0.1) is 11.3 Å². The zero-order valence-electron chi connectivity index (χ0n) is 8.74. The van der Waals surface area contributed by atoms with Crippen molar-refractivity contribution < 1.29 is 4.79 Å². The minimum absolute atomic E-state index is 0.109. The van der Waals surface area contributed by atoms with Crippen molar-refractivity contribution in [3.63, 3.8) is 0 Å². The van der Waals surface area contributed by atoms with Gasteiger partial charge in [0.15, 0.2) is 0 Å². The smallest absolute Gasteiger partial charge is 0.252 e. The predicted octanol–water partition coefficient (Wildman–Crippen LogP) is 4.09. The van der Waals surface area contributed by atoms with Gasteiger partial charge < -0.3 is 5.32 Å². The van der Waals surface area contributed by atoms with E-state index < -0.39 is 0 Å². The van der Waals surface area contributed by atoms with Gasteiger partial charge in [0, 0.05) is 14.4 Å². The van der Waals surface area contributed by atoms with Crippen molar-refractivity contribution in [3.8, 4) is 0 Å². The molecule has 1 aromatic heterocycles. The lowest BCUT2D eigenvalue weighted by atomic mass is 10.2. The molecular weight excluding hydrogens is 322 g/mol. The van der Waals surface area contributed by atoms with E-state index in [1.165, 1.54) is 0 Å². The van der Waals surface area contributed by atoms with Crippen LogP contribution in [0.3, 0.4) is 0 Å². The number of rotatable bonds is 3. The molecule has 1 aromatic carbocycles. The summed E-state index contributed by atoms with van der Waals surface area (Å²) in [4.78, 5) is 13.0. The van der Waals surface area contributed by atoms with Gasteiger partial charge in [-0.25, -0.2) is 0 Å². The minimum atomic E-state index is -0.109. The average molecular weight is 331 g/mol. The molecule has 17 heavy (non-hydrogen) atoms. The summed E-state index contributed by atoms with van der Waals surface area (Å²) in [5, 5.41) is 5.45. The molecule has 0 fully saturated rings. The molecule has 0 unspecified atom stereocenters. The van der Waals surface area contributed by atoms with Crippen LogP contribution in [-0.4, -0.2) is 5.91 Å². The van der Waals surface area contributed by atoms with Gasteiger partial charge in [0.25, 0.3) is 5.91 Å². The second-order valence-corrected chi connectivity index (χ2v) is 5.71. The maximum absolute atomic E-state index is 11.9. The quantitative estimate of drug-likeness (QED) is 0.902. The minimum Gasteiger partial charge on any atom is -0.347 e. The van der Waals surface area contributed by atoms with Crippen molar-refractivity contribution in [2.45, 2.75) is 6.54 Å². The van der Waals surface area contributed by atoms with Crippen molar-refractivity contribution in [3.05, 3.63) is 55.6 Å². The molecule has 5 heteroatoms. The standard InChI is InChI=1S/C12H9BrClNOS/c13-11-6-8(14)3-4-10(11)12(16)15-7-9-2-1-5-17-9/h1-6H,7H2,(H,15,16). The molecule has 0 saturated heterocycles. The molecule has 0 radical (unpaired) electrons. The van der Waals surface area contributed by atoms with Gasteiger partial charge in [0.2, 0.25) is 0 Å². The first kappa shape index (κ1) is 12.6. The van der Waals surface area contributed by atoms with E-state index in [1.807, 2.05) is 17.5 Å². The zero-order valence-corrected chi connectivity index (χ0v) is 11.9. The highest BCUT2D eigenvalue weighted by Gasteiger charge is 2.09. The fourth-order valence-electron chi connectivity index (χ4n) is 1.35. The lowest BCUT2D eigenvalue weighted by Gasteiger charge is -2.06. The van der Waals surface area contributed by atoms with Crippen LogP contribution in [0.2, 0.25) is 5.02 Å². The molecule has 0 spiro atoms. The second kappa shape index (κ2) is 5.67. The van der Waals surface area contributed by atoms with Crippen molar-refractivity contribution in [2.75, 3.05) is 0 Å². The predicted molar refractivity (Wildman–Crippen MR) is 74.6 cm³/mol. The van der Waals surface area contributed by atoms with Gasteiger partial charge in [0.05, 0.1) is 12.1 Å². The summed E-state index contributed by atoms with van der Waals surface area (Å²) in [6, 6.07) is 9.07. The van der Waals surface area contributed by atoms with Crippen molar-refractivity contribution in [2.24, 2.45) is 0 Å². The lowest BCUT2D eigenvalue weighted by Crippen LogP contribution is -2.22. The molecule has 1 amide bonds. The first-order valence-corrected chi connectivity index (χ1v) is 6.97. The van der Waals surface area contributed by atoms with Crippen LogP contribution in [0.5, 0.6) is 0 Å². The molecule has 2 rings (SSSR count). The van der Waals surface area contributed by atoms with E-state index in [-0.39, 0.29) is 5.91 Å². The van der Waals surface area contributed by atoms with Crippen LogP contribution < -0.4 is 5.32 Å². The summed E-state index contributed by atoms with van der Waals surface area (Å²) in [5.74, 6) is -0.109. The Hall–Kier alpha value is -0.840. The van der Waals surface area contributed by atoms with Gasteiger partial charge in [-0.05, 0) is 45.6 Å². The number of nitrogens with one attached hydrogen (secondary N) is 1. The third-order valence-electron chi connectivity index (χ3n) is 2.18. The summed E-state index contributed by atoms with van der Waals surface area (Å²) in [5.41, 5.74) is 0.589. The van der Waals surface area contributed by atoms with Crippen molar-refractivity contribution >= 4 is 44.8 Å². The van der Waals surface area contributed by atoms with Gasteiger partial charge in [0.1, 0.15) is 0 Å². The Morgan fingerprint density at radius 2 is 2.24 bits per heavy atom. The normalized spacial score (nSPS) is 10.2. The molecule has 0 aliphatic heterocycles. The van der Waals surface area contributed by atoms with Crippen LogP contribution in [-0.2, 0) is 6.54 Å². The van der Waals surface area contributed by atoms with E-state index in [0.29, 0.717) is 21.6 Å². The molecule has 2 nitrogen and oxygen atoms in total. The molecule has 88 valence electrons. The Morgan fingerprint density at radius 1 is 1.41 bits per heavy atom. The summed E-state index contributed by atoms with van der Waals surface area (Å²) in [6.45, 7) is 0.547. The van der Waals surface area contributed by atoms with Crippen molar-refractivity contribution in [1.29, 1.82) is 0 Å². The van der Waals surface area contributed by atoms with E-state index >= 15 is 0 Å². The summed E-state index contributed by atoms with van der Waals surface area (Å²) >= 11 is 10.8. The third-order valence-corrected chi connectivity index (χ3v) is 3.95. The fraction of sp³-hybridized carbons (Fsp3) is 0.0833. The Balaban J connectivity index is 2.04. The average Bonchev–Trinajstić information content (AvgIpc) is 2.78. The van der Waals surface area contributed by atoms with Gasteiger partial charge >= 0.3 is 0 Å². The molecule has 0 saturated carbocycles. The number of thiophene rings is 1. The maximum atomic E-state index is 11.9. The summed E-state index contributed by atoms with van der Waals surface area (Å²) in [7, 11) is 0. The first-order chi connectivity index (χ1) is 8.16. The highest BCUT2D eigenvalue weighted by Crippen LogP contribution is 2.21. The van der Waals surface area contributed by atoms with Crippen LogP contribution in [0.15, 0.2) is 40.2 Å². The monoisotopic (exact) mass is 329 g/mol. The number of carbonyl (C=O) groups is 1. The zero-order chi connectivity index (χ0) is 12.3. The van der Waals surface area contributed by atoms with E-state index in [9.17, 15) is 4.79 Å². The number of amides is 1. The van der Waals surface area contributed by atoms with E-state index in [0.717, 1.165) is 4.88 Å². The Bertz CT molecular complexity index is 527. The number of hydrogen-bond acceptors (Lipinski definition) is 2. The molecule has 2 aromatic rings. The molecule has 1 heterocycles. The second-order valence-electron chi connectivity index (χ2n) is 3.39. The van der Waals surface area contributed by atoms with Crippen LogP contribution in [0.1, 0.15) is 15.2 Å². The Labute approximate surface area is 117 Å². The van der Waals surface area contributed by atoms with Gasteiger partial charge in [-0.1, -0.05) is 17.7 Å². The van der Waals surface area contributed by atoms with Crippen LogP contribution in [0.4, 0.5) is 0 Å². The molecule has 0 bridgehead atoms. The number of halogens is 2. The highest BCUT2D eigenvalue weighted by molar-refractivity contribution is 9.10. The number of benzene rings is 1. The Morgan fingerprint density at radius 3 is 2.88 bits per heavy atom. The summed E-state index contributed by atoms with van der Waals surface area (Å²) < 4.78 is 0.702. The lowest BCUT2D eigenvalue weighted by molar-refractivity contribution is 0.0950. The van der Waals surface area contributed by atoms with Gasteiger partial charge in [-0.3, -0.25) is 4.79 Å². The fourth-order valence-corrected chi connectivity index (χ4v) is 2.86. The van der Waals surface area contributed by atoms with E-state index in [2.05, 4.69) is 21.2 Å². The van der Waals surface area contributed by atoms with Crippen LogP contribution in [0, 0.1) is 0 Å². The van der Waals surface area contributed by atoms with E-state index in [4.69, 9.17) is 11.6 Å². The maximum Gasteiger partial charge on any atom is 0.252 e. The third kappa shape index (κ3) is 3.31. The van der Waals surface area contributed by atoms with Gasteiger partial charge in [-0.2, -0.15) is 0 Å². The molecule has 0 aliphatic rings. The summed E-state index contributed by atoms with van der Waals surface area (Å²) in [6.07, 6.45) is 0. The van der Waals surface area contributed by atoms with Crippen molar-refractivity contribution in [1.82, 2.24) is 5.32 Å². The van der Waals surface area contributed by atoms with Crippen LogP contribution in [0.25, 0.3) is 0 Å². The molecule has 0 aliphatic carbocycles. The topological polar surface area (TPSA) is 29.1 Å². The van der Waals surface area contributed by atoms with E-state index in [1.54, 1.807) is 29.5 Å². The molecule has 1 N–H and O–H groups in total. The molecular formula is C12H9BrClNOS. The van der Waals surface area contributed by atoms with Crippen LogP contribution >= 0.6 is 38.9 Å². The largest absolute Gasteiger partial charge is 0.347 e. The number of carbonyl (C=O) groups excluding carboxylic acids is 1. The first-order valence-electron chi connectivity index (χ1n) is 4.92. The Kier molecular flexibility index (Phi) is 4.20. The molecule has 0 atom stereocenters. The highest BCUT2D eigenvalue weighted by atomic mass is 79.9.